The monoisotopic (exact) mass is 258 g/mol. The first-order chi connectivity index (χ1) is 8.63. The van der Waals surface area contributed by atoms with Gasteiger partial charge in [-0.2, -0.15) is 0 Å². The van der Waals surface area contributed by atoms with Crippen molar-refractivity contribution >= 4 is 12.0 Å². The Morgan fingerprint density at radius 2 is 2.06 bits per heavy atom. The fourth-order valence-corrected chi connectivity index (χ4v) is 2.21. The topological polar surface area (TPSA) is 87.7 Å². The largest absolute Gasteiger partial charge is 0.481 e. The number of hydrogen-bond donors (Lipinski definition) is 3. The summed E-state index contributed by atoms with van der Waals surface area (Å²) in [5.41, 5.74) is 0. The highest BCUT2D eigenvalue weighted by Crippen LogP contribution is 2.20. The summed E-state index contributed by atoms with van der Waals surface area (Å²) in [6.07, 6.45) is 4.75. The molecule has 1 saturated carbocycles. The van der Waals surface area contributed by atoms with E-state index in [0.29, 0.717) is 13.0 Å². The molecular weight excluding hydrogens is 236 g/mol. The summed E-state index contributed by atoms with van der Waals surface area (Å²) >= 11 is 0. The number of aliphatic carboxylic acids is 1. The summed E-state index contributed by atoms with van der Waals surface area (Å²) in [7, 11) is 1.66. The normalized spacial score (nSPS) is 23.4. The zero-order chi connectivity index (χ0) is 13.4. The first kappa shape index (κ1) is 14.8. The standard InChI is InChI=1S/C12H22N2O4/c1-18-10-6-3-2-5-9(10)14-12(17)13-8-4-7-11(15)16/h9-10H,2-8H2,1H3,(H,15,16)(H2,13,14,17). The van der Waals surface area contributed by atoms with E-state index in [-0.39, 0.29) is 24.6 Å². The van der Waals surface area contributed by atoms with Crippen molar-refractivity contribution in [3.63, 3.8) is 0 Å². The van der Waals surface area contributed by atoms with Crippen LogP contribution in [0, 0.1) is 0 Å². The van der Waals surface area contributed by atoms with Crippen LogP contribution in [0.5, 0.6) is 0 Å². The number of carboxylic acids is 1. The maximum atomic E-state index is 11.6. The smallest absolute Gasteiger partial charge is 0.315 e. The molecule has 6 nitrogen and oxygen atoms in total. The van der Waals surface area contributed by atoms with E-state index < -0.39 is 5.97 Å². The van der Waals surface area contributed by atoms with Crippen LogP contribution < -0.4 is 10.6 Å². The lowest BCUT2D eigenvalue weighted by Gasteiger charge is -2.31. The van der Waals surface area contributed by atoms with Crippen LogP contribution in [0.15, 0.2) is 0 Å². The van der Waals surface area contributed by atoms with Crippen LogP contribution in [-0.2, 0) is 9.53 Å². The number of carbonyl (C=O) groups is 2. The molecule has 18 heavy (non-hydrogen) atoms. The van der Waals surface area contributed by atoms with Gasteiger partial charge >= 0.3 is 12.0 Å². The van der Waals surface area contributed by atoms with Crippen molar-refractivity contribution in [1.29, 1.82) is 0 Å². The maximum absolute atomic E-state index is 11.6. The van der Waals surface area contributed by atoms with Crippen LogP contribution in [0.1, 0.15) is 38.5 Å². The molecule has 2 amide bonds. The SMILES string of the molecule is COC1CCCCC1NC(=O)NCCCC(=O)O. The lowest BCUT2D eigenvalue weighted by Crippen LogP contribution is -2.49. The number of amides is 2. The predicted molar refractivity (Wildman–Crippen MR) is 66.5 cm³/mol. The molecule has 2 unspecified atom stereocenters. The first-order valence-electron chi connectivity index (χ1n) is 6.42. The molecule has 0 aliphatic heterocycles. The molecule has 1 rings (SSSR count). The molecule has 0 aromatic heterocycles. The Balaban J connectivity index is 2.19. The number of ether oxygens (including phenoxy) is 1. The highest BCUT2D eigenvalue weighted by atomic mass is 16.5. The summed E-state index contributed by atoms with van der Waals surface area (Å²) in [5, 5.41) is 14.0. The molecule has 0 aromatic rings. The van der Waals surface area contributed by atoms with Crippen LogP contribution in [0.4, 0.5) is 4.79 Å². The van der Waals surface area contributed by atoms with Crippen molar-refractivity contribution in [2.75, 3.05) is 13.7 Å². The van der Waals surface area contributed by atoms with Gasteiger partial charge in [-0.05, 0) is 19.3 Å². The van der Waals surface area contributed by atoms with E-state index >= 15 is 0 Å². The lowest BCUT2D eigenvalue weighted by atomic mass is 9.92. The average molecular weight is 258 g/mol. The molecule has 0 spiro atoms. The van der Waals surface area contributed by atoms with E-state index in [2.05, 4.69) is 10.6 Å². The number of carboxylic acid groups (broad SMARTS) is 1. The van der Waals surface area contributed by atoms with Gasteiger partial charge in [-0.25, -0.2) is 4.79 Å². The first-order valence-corrected chi connectivity index (χ1v) is 6.42. The van der Waals surface area contributed by atoms with Crippen molar-refractivity contribution in [3.8, 4) is 0 Å². The van der Waals surface area contributed by atoms with Crippen molar-refractivity contribution in [1.82, 2.24) is 10.6 Å². The van der Waals surface area contributed by atoms with Gasteiger partial charge in [0.05, 0.1) is 12.1 Å². The zero-order valence-corrected chi connectivity index (χ0v) is 10.8. The van der Waals surface area contributed by atoms with Gasteiger partial charge in [0.25, 0.3) is 0 Å². The minimum Gasteiger partial charge on any atom is -0.481 e. The van der Waals surface area contributed by atoms with E-state index in [9.17, 15) is 9.59 Å². The van der Waals surface area contributed by atoms with Gasteiger partial charge in [-0.1, -0.05) is 12.8 Å². The zero-order valence-electron chi connectivity index (χ0n) is 10.8. The number of nitrogens with one attached hydrogen (secondary N) is 2. The Morgan fingerprint density at radius 3 is 2.72 bits per heavy atom. The second kappa shape index (κ2) is 7.92. The molecule has 1 fully saturated rings. The van der Waals surface area contributed by atoms with E-state index in [0.717, 1.165) is 25.7 Å². The highest BCUT2D eigenvalue weighted by Gasteiger charge is 2.25. The van der Waals surface area contributed by atoms with Gasteiger partial charge < -0.3 is 20.5 Å². The summed E-state index contributed by atoms with van der Waals surface area (Å²) in [6.45, 7) is 0.377. The number of urea groups is 1. The van der Waals surface area contributed by atoms with Gasteiger partial charge in [0.1, 0.15) is 0 Å². The molecule has 6 heteroatoms. The molecule has 0 heterocycles. The molecule has 1 aliphatic rings. The van der Waals surface area contributed by atoms with E-state index in [1.807, 2.05) is 0 Å². The second-order valence-corrected chi connectivity index (χ2v) is 4.56. The van der Waals surface area contributed by atoms with Crippen LogP contribution in [-0.4, -0.2) is 42.9 Å². The van der Waals surface area contributed by atoms with Gasteiger partial charge in [0.2, 0.25) is 0 Å². The number of carbonyl (C=O) groups excluding carboxylic acids is 1. The van der Waals surface area contributed by atoms with E-state index in [1.165, 1.54) is 0 Å². The van der Waals surface area contributed by atoms with Gasteiger partial charge in [0.15, 0.2) is 0 Å². The van der Waals surface area contributed by atoms with Crippen molar-refractivity contribution in [2.45, 2.75) is 50.7 Å². The Kier molecular flexibility index (Phi) is 6.49. The predicted octanol–water partition coefficient (Wildman–Crippen LogP) is 1.11. The number of methoxy groups -OCH3 is 1. The quantitative estimate of drug-likeness (QED) is 0.623. The Hall–Kier alpha value is -1.30. The molecule has 1 aliphatic carbocycles. The van der Waals surface area contributed by atoms with Crippen LogP contribution >= 0.6 is 0 Å². The fraction of sp³-hybridized carbons (Fsp3) is 0.833. The van der Waals surface area contributed by atoms with Gasteiger partial charge in [-0.3, -0.25) is 4.79 Å². The minimum absolute atomic E-state index is 0.0585. The third-order valence-corrected chi connectivity index (χ3v) is 3.17. The lowest BCUT2D eigenvalue weighted by molar-refractivity contribution is -0.137. The Bertz CT molecular complexity index is 283. The second-order valence-electron chi connectivity index (χ2n) is 4.56. The van der Waals surface area contributed by atoms with Crippen molar-refractivity contribution in [2.24, 2.45) is 0 Å². The van der Waals surface area contributed by atoms with E-state index in [4.69, 9.17) is 9.84 Å². The number of hydrogen-bond acceptors (Lipinski definition) is 3. The average Bonchev–Trinajstić information content (AvgIpc) is 2.35. The minimum atomic E-state index is -0.844. The summed E-state index contributed by atoms with van der Waals surface area (Å²) < 4.78 is 5.34. The summed E-state index contributed by atoms with van der Waals surface area (Å²) in [4.78, 5) is 21.9. The summed E-state index contributed by atoms with van der Waals surface area (Å²) in [5.74, 6) is -0.844. The maximum Gasteiger partial charge on any atom is 0.315 e. The van der Waals surface area contributed by atoms with Gasteiger partial charge in [-0.15, -0.1) is 0 Å². The molecule has 0 saturated heterocycles. The molecule has 0 radical (unpaired) electrons. The van der Waals surface area contributed by atoms with Crippen molar-refractivity contribution < 1.29 is 19.4 Å². The molecule has 3 N–H and O–H groups in total. The van der Waals surface area contributed by atoms with Crippen molar-refractivity contribution in [3.05, 3.63) is 0 Å². The number of rotatable bonds is 6. The Labute approximate surface area is 107 Å². The highest BCUT2D eigenvalue weighted by molar-refractivity contribution is 5.74. The van der Waals surface area contributed by atoms with Crippen LogP contribution in [0.3, 0.4) is 0 Å². The van der Waals surface area contributed by atoms with Gasteiger partial charge in [0, 0.05) is 20.1 Å². The third kappa shape index (κ3) is 5.35. The molecule has 2 atom stereocenters. The van der Waals surface area contributed by atoms with Crippen LogP contribution in [0.2, 0.25) is 0 Å². The molecule has 0 aromatic carbocycles. The third-order valence-electron chi connectivity index (χ3n) is 3.17. The Morgan fingerprint density at radius 1 is 1.33 bits per heavy atom. The van der Waals surface area contributed by atoms with Crippen LogP contribution in [0.25, 0.3) is 0 Å². The molecule has 0 bridgehead atoms. The molecule has 104 valence electrons. The summed E-state index contributed by atoms with van der Waals surface area (Å²) in [6, 6.07) is -0.183. The van der Waals surface area contributed by atoms with E-state index in [1.54, 1.807) is 7.11 Å². The molecular formula is C12H22N2O4. The fourth-order valence-electron chi connectivity index (χ4n) is 2.21.